The Balaban J connectivity index is 2.59. The van der Waals surface area contributed by atoms with Crippen molar-refractivity contribution in [1.82, 2.24) is 5.32 Å². The van der Waals surface area contributed by atoms with Crippen LogP contribution in [0.4, 0.5) is 0 Å². The van der Waals surface area contributed by atoms with Gasteiger partial charge in [-0.3, -0.25) is 4.79 Å². The number of hydrogen-bond donors (Lipinski definition) is 2. The molecule has 1 atom stereocenters. The predicted molar refractivity (Wildman–Crippen MR) is 73.3 cm³/mol. The molecule has 0 aliphatic carbocycles. The van der Waals surface area contributed by atoms with Gasteiger partial charge in [0.1, 0.15) is 0 Å². The van der Waals surface area contributed by atoms with Gasteiger partial charge in [0.15, 0.2) is 0 Å². The lowest BCUT2D eigenvalue weighted by Crippen LogP contribution is -2.42. The fourth-order valence-corrected chi connectivity index (χ4v) is 2.54. The first kappa shape index (κ1) is 14.1. The van der Waals surface area contributed by atoms with Crippen molar-refractivity contribution in [3.8, 4) is 0 Å². The molecule has 1 amide bonds. The zero-order chi connectivity index (χ0) is 12.8. The summed E-state index contributed by atoms with van der Waals surface area (Å²) in [7, 11) is 0. The summed E-state index contributed by atoms with van der Waals surface area (Å²) in [6, 6.07) is 6.07. The van der Waals surface area contributed by atoms with Gasteiger partial charge in [0.2, 0.25) is 5.91 Å². The van der Waals surface area contributed by atoms with Gasteiger partial charge in [-0.2, -0.15) is 0 Å². The summed E-state index contributed by atoms with van der Waals surface area (Å²) in [5, 5.41) is 3.08. The van der Waals surface area contributed by atoms with Crippen LogP contribution in [-0.4, -0.2) is 24.2 Å². The molecule has 17 heavy (non-hydrogen) atoms. The first-order valence-electron chi connectivity index (χ1n) is 5.77. The molecule has 0 spiro atoms. The fourth-order valence-electron chi connectivity index (χ4n) is 1.47. The maximum Gasteiger partial charge on any atom is 0.235 e. The average Bonchev–Trinajstić information content (AvgIpc) is 2.28. The van der Waals surface area contributed by atoms with Gasteiger partial charge in [-0.05, 0) is 43.7 Å². The lowest BCUT2D eigenvalue weighted by Gasteiger charge is -2.13. The molecule has 3 N–H and O–H groups in total. The molecule has 0 heterocycles. The van der Waals surface area contributed by atoms with Gasteiger partial charge in [0.25, 0.3) is 0 Å². The van der Waals surface area contributed by atoms with Gasteiger partial charge in [0.05, 0.1) is 6.04 Å². The zero-order valence-electron chi connectivity index (χ0n) is 10.6. The molecule has 1 aromatic carbocycles. The van der Waals surface area contributed by atoms with Gasteiger partial charge in [-0.25, -0.2) is 0 Å². The van der Waals surface area contributed by atoms with Crippen molar-refractivity contribution < 1.29 is 4.79 Å². The van der Waals surface area contributed by atoms with Crippen LogP contribution in [0.15, 0.2) is 23.1 Å². The van der Waals surface area contributed by atoms with Crippen molar-refractivity contribution in [3.63, 3.8) is 0 Å². The zero-order valence-corrected chi connectivity index (χ0v) is 11.4. The maximum absolute atomic E-state index is 11.2. The second-order valence-electron chi connectivity index (χ2n) is 4.07. The van der Waals surface area contributed by atoms with Crippen molar-refractivity contribution in [1.29, 1.82) is 0 Å². The van der Waals surface area contributed by atoms with E-state index in [-0.39, 0.29) is 11.9 Å². The van der Waals surface area contributed by atoms with Crippen LogP contribution < -0.4 is 11.1 Å². The Hall–Kier alpha value is -1.00. The van der Waals surface area contributed by atoms with Crippen molar-refractivity contribution in [2.75, 3.05) is 12.3 Å². The molecular weight excluding hydrogens is 232 g/mol. The van der Waals surface area contributed by atoms with E-state index < -0.39 is 0 Å². The number of carbonyl (C=O) groups excluding carboxylic acids is 1. The Morgan fingerprint density at radius 1 is 1.41 bits per heavy atom. The Morgan fingerprint density at radius 3 is 2.65 bits per heavy atom. The molecule has 1 aromatic rings. The van der Waals surface area contributed by atoms with Crippen LogP contribution in [0.1, 0.15) is 18.1 Å². The second kappa shape index (κ2) is 6.67. The van der Waals surface area contributed by atoms with Crippen LogP contribution in [0.5, 0.6) is 0 Å². The summed E-state index contributed by atoms with van der Waals surface area (Å²) in [4.78, 5) is 12.4. The number of benzene rings is 1. The standard InChI is InChI=1S/C13H20N2OS/c1-4-15-12(13(14)16)8-17-11-6-5-9(2)10(3)7-11/h5-7,12,15H,4,8H2,1-3H3,(H2,14,16). The molecule has 0 aliphatic rings. The number of primary amides is 1. The van der Waals surface area contributed by atoms with Gasteiger partial charge < -0.3 is 11.1 Å². The summed E-state index contributed by atoms with van der Waals surface area (Å²) < 4.78 is 0. The SMILES string of the molecule is CCNC(CSc1ccc(C)c(C)c1)C(N)=O. The van der Waals surface area contributed by atoms with Crippen LogP contribution in [0, 0.1) is 13.8 Å². The molecule has 1 rings (SSSR count). The van der Waals surface area contributed by atoms with Crippen LogP contribution in [-0.2, 0) is 4.79 Å². The number of thioether (sulfide) groups is 1. The number of nitrogens with two attached hydrogens (primary N) is 1. The number of hydrogen-bond acceptors (Lipinski definition) is 3. The first-order valence-corrected chi connectivity index (χ1v) is 6.76. The van der Waals surface area contributed by atoms with E-state index in [1.807, 2.05) is 6.92 Å². The molecule has 0 fully saturated rings. The van der Waals surface area contributed by atoms with E-state index in [2.05, 4.69) is 37.4 Å². The third-order valence-electron chi connectivity index (χ3n) is 2.69. The van der Waals surface area contributed by atoms with Crippen LogP contribution >= 0.6 is 11.8 Å². The van der Waals surface area contributed by atoms with Gasteiger partial charge in [0, 0.05) is 10.6 Å². The number of carbonyl (C=O) groups is 1. The smallest absolute Gasteiger partial charge is 0.235 e. The van der Waals surface area contributed by atoms with E-state index in [0.29, 0.717) is 5.75 Å². The van der Waals surface area contributed by atoms with Crippen molar-refractivity contribution in [2.24, 2.45) is 5.73 Å². The summed E-state index contributed by atoms with van der Waals surface area (Å²) in [5.41, 5.74) is 7.88. The molecule has 4 heteroatoms. The molecule has 3 nitrogen and oxygen atoms in total. The molecule has 1 unspecified atom stereocenters. The van der Waals surface area contributed by atoms with Crippen molar-refractivity contribution in [2.45, 2.75) is 31.7 Å². The molecule has 0 bridgehead atoms. The highest BCUT2D eigenvalue weighted by Gasteiger charge is 2.13. The monoisotopic (exact) mass is 252 g/mol. The second-order valence-corrected chi connectivity index (χ2v) is 5.16. The third-order valence-corrected chi connectivity index (χ3v) is 3.78. The minimum absolute atomic E-state index is 0.258. The van der Waals surface area contributed by atoms with Gasteiger partial charge >= 0.3 is 0 Å². The van der Waals surface area contributed by atoms with E-state index in [9.17, 15) is 4.79 Å². The fraction of sp³-hybridized carbons (Fsp3) is 0.462. The molecule has 0 radical (unpaired) electrons. The Kier molecular flexibility index (Phi) is 5.51. The van der Waals surface area contributed by atoms with E-state index in [1.165, 1.54) is 16.0 Å². The average molecular weight is 252 g/mol. The molecular formula is C13H20N2OS. The summed E-state index contributed by atoms with van der Waals surface area (Å²) in [5.74, 6) is 0.384. The Labute approximate surface area is 107 Å². The number of aryl methyl sites for hydroxylation is 2. The van der Waals surface area contributed by atoms with E-state index in [4.69, 9.17) is 5.73 Å². The quantitative estimate of drug-likeness (QED) is 0.760. The minimum atomic E-state index is -0.289. The predicted octanol–water partition coefficient (Wildman–Crippen LogP) is 1.86. The highest BCUT2D eigenvalue weighted by atomic mass is 32.2. The number of amides is 1. The summed E-state index contributed by atoms with van der Waals surface area (Å²) >= 11 is 1.66. The highest BCUT2D eigenvalue weighted by Crippen LogP contribution is 2.21. The maximum atomic E-state index is 11.2. The lowest BCUT2D eigenvalue weighted by molar-refractivity contribution is -0.119. The van der Waals surface area contributed by atoms with E-state index >= 15 is 0 Å². The van der Waals surface area contributed by atoms with Crippen LogP contribution in [0.25, 0.3) is 0 Å². The molecule has 94 valence electrons. The number of nitrogens with one attached hydrogen (secondary N) is 1. The van der Waals surface area contributed by atoms with Crippen LogP contribution in [0.3, 0.4) is 0 Å². The van der Waals surface area contributed by atoms with Crippen LogP contribution in [0.2, 0.25) is 0 Å². The van der Waals surface area contributed by atoms with Crippen molar-refractivity contribution in [3.05, 3.63) is 29.3 Å². The summed E-state index contributed by atoms with van der Waals surface area (Å²) in [6.45, 7) is 6.90. The largest absolute Gasteiger partial charge is 0.368 e. The minimum Gasteiger partial charge on any atom is -0.368 e. The highest BCUT2D eigenvalue weighted by molar-refractivity contribution is 7.99. The lowest BCUT2D eigenvalue weighted by atomic mass is 10.1. The normalized spacial score (nSPS) is 12.4. The first-order chi connectivity index (χ1) is 8.04. The third kappa shape index (κ3) is 4.40. The Morgan fingerprint density at radius 2 is 2.12 bits per heavy atom. The van der Waals surface area contributed by atoms with Gasteiger partial charge in [-0.15, -0.1) is 11.8 Å². The van der Waals surface area contributed by atoms with E-state index in [1.54, 1.807) is 11.8 Å². The molecule has 0 aromatic heterocycles. The molecule has 0 saturated heterocycles. The number of likely N-dealkylation sites (N-methyl/N-ethyl adjacent to an activating group) is 1. The van der Waals surface area contributed by atoms with E-state index in [0.717, 1.165) is 6.54 Å². The van der Waals surface area contributed by atoms with Gasteiger partial charge in [-0.1, -0.05) is 13.0 Å². The van der Waals surface area contributed by atoms with Crippen molar-refractivity contribution >= 4 is 17.7 Å². The summed E-state index contributed by atoms with van der Waals surface area (Å²) in [6.07, 6.45) is 0. The Bertz CT molecular complexity index is 393. The number of rotatable bonds is 6. The topological polar surface area (TPSA) is 55.1 Å². The molecule has 0 aliphatic heterocycles. The molecule has 0 saturated carbocycles.